The lowest BCUT2D eigenvalue weighted by molar-refractivity contribution is 0.178. The fourth-order valence-corrected chi connectivity index (χ4v) is 2.47. The Morgan fingerprint density at radius 3 is 3.18 bits per heavy atom. The predicted molar refractivity (Wildman–Crippen MR) is 68.6 cm³/mol. The number of hydrogen-bond acceptors (Lipinski definition) is 4. The second kappa shape index (κ2) is 6.07. The highest BCUT2D eigenvalue weighted by Crippen LogP contribution is 2.18. The summed E-state index contributed by atoms with van der Waals surface area (Å²) in [6, 6.07) is 4.49. The quantitative estimate of drug-likeness (QED) is 0.852. The number of piperidine rings is 1. The van der Waals surface area contributed by atoms with E-state index in [1.54, 1.807) is 6.20 Å². The first-order chi connectivity index (χ1) is 8.25. The molecule has 0 aromatic carbocycles. The first-order valence-electron chi connectivity index (χ1n) is 6.44. The molecule has 1 fully saturated rings. The maximum absolute atomic E-state index is 4.09. The predicted octanol–water partition coefficient (Wildman–Crippen LogP) is 1.30. The number of likely N-dealkylation sites (tertiary alicyclic amines) is 1. The van der Waals surface area contributed by atoms with Gasteiger partial charge in [-0.05, 0) is 51.4 Å². The van der Waals surface area contributed by atoms with Gasteiger partial charge < -0.3 is 10.2 Å². The Morgan fingerprint density at radius 1 is 1.59 bits per heavy atom. The summed E-state index contributed by atoms with van der Waals surface area (Å²) < 4.78 is 0. The Balaban J connectivity index is 1.79. The molecule has 0 aliphatic carbocycles. The zero-order valence-corrected chi connectivity index (χ0v) is 10.8. The summed E-state index contributed by atoms with van der Waals surface area (Å²) in [5.74, 6) is 0.755. The van der Waals surface area contributed by atoms with Gasteiger partial charge in [0.1, 0.15) is 0 Å². The Labute approximate surface area is 103 Å². The van der Waals surface area contributed by atoms with E-state index >= 15 is 0 Å². The lowest BCUT2D eigenvalue weighted by Crippen LogP contribution is -2.42. The first kappa shape index (κ1) is 12.5. The fraction of sp³-hybridized carbons (Fsp3) is 0.692. The lowest BCUT2D eigenvalue weighted by atomic mass is 9.92. The summed E-state index contributed by atoms with van der Waals surface area (Å²) in [4.78, 5) is 2.43. The van der Waals surface area contributed by atoms with E-state index in [1.165, 1.54) is 25.9 Å². The molecule has 1 saturated heterocycles. The van der Waals surface area contributed by atoms with Gasteiger partial charge in [0.25, 0.3) is 0 Å². The topological polar surface area (TPSA) is 41.1 Å². The average Bonchev–Trinajstić information content (AvgIpc) is 2.37. The van der Waals surface area contributed by atoms with E-state index in [1.807, 2.05) is 12.1 Å². The summed E-state index contributed by atoms with van der Waals surface area (Å²) in [6.07, 6.45) is 4.36. The maximum atomic E-state index is 4.09. The van der Waals surface area contributed by atoms with Gasteiger partial charge in [0, 0.05) is 25.3 Å². The number of nitrogens with zero attached hydrogens (tertiary/aromatic N) is 3. The second-order valence-electron chi connectivity index (χ2n) is 5.05. The minimum absolute atomic E-state index is 0.541. The monoisotopic (exact) mass is 234 g/mol. The summed E-state index contributed by atoms with van der Waals surface area (Å²) in [7, 11) is 2.21. The molecule has 2 rings (SSSR count). The maximum Gasteiger partial charge on any atom is 0.0769 e. The molecular formula is C13H22N4. The molecule has 0 amide bonds. The highest BCUT2D eigenvalue weighted by atomic mass is 15.1. The van der Waals surface area contributed by atoms with Gasteiger partial charge in [0.2, 0.25) is 0 Å². The highest BCUT2D eigenvalue weighted by Gasteiger charge is 2.22. The molecule has 0 bridgehead atoms. The van der Waals surface area contributed by atoms with Crippen molar-refractivity contribution >= 4 is 0 Å². The minimum Gasteiger partial charge on any atom is -0.308 e. The Kier molecular flexibility index (Phi) is 4.45. The standard InChI is InChI=1S/C13H22N4/c1-11(12-5-4-8-17(2)10-12)14-9-13-6-3-7-15-16-13/h3,6-7,11-12,14H,4-5,8-10H2,1-2H3. The molecule has 0 radical (unpaired) electrons. The first-order valence-corrected chi connectivity index (χ1v) is 6.44. The second-order valence-corrected chi connectivity index (χ2v) is 5.05. The Hall–Kier alpha value is -1.00. The van der Waals surface area contributed by atoms with Crippen LogP contribution in [-0.4, -0.2) is 41.3 Å². The molecule has 94 valence electrons. The summed E-state index contributed by atoms with van der Waals surface area (Å²) >= 11 is 0. The summed E-state index contributed by atoms with van der Waals surface area (Å²) in [5, 5.41) is 11.5. The molecule has 0 spiro atoms. The van der Waals surface area contributed by atoms with Crippen LogP contribution in [0.2, 0.25) is 0 Å². The van der Waals surface area contributed by atoms with Crippen molar-refractivity contribution in [3.63, 3.8) is 0 Å². The van der Waals surface area contributed by atoms with Gasteiger partial charge in [-0.15, -0.1) is 0 Å². The van der Waals surface area contributed by atoms with Crippen LogP contribution in [0.25, 0.3) is 0 Å². The molecule has 4 heteroatoms. The number of aromatic nitrogens is 2. The Bertz CT molecular complexity index is 327. The smallest absolute Gasteiger partial charge is 0.0769 e. The van der Waals surface area contributed by atoms with Gasteiger partial charge in [-0.1, -0.05) is 0 Å². The minimum atomic E-state index is 0.541. The molecule has 17 heavy (non-hydrogen) atoms. The summed E-state index contributed by atoms with van der Waals surface area (Å²) in [5.41, 5.74) is 1.02. The molecule has 1 aliphatic rings. The van der Waals surface area contributed by atoms with Crippen molar-refractivity contribution in [1.29, 1.82) is 0 Å². The third-order valence-electron chi connectivity index (χ3n) is 3.60. The van der Waals surface area contributed by atoms with Crippen LogP contribution in [0, 0.1) is 5.92 Å². The SMILES string of the molecule is CC(NCc1cccnn1)C1CCCN(C)C1. The molecule has 2 atom stereocenters. The van der Waals surface area contributed by atoms with Crippen LogP contribution in [0.3, 0.4) is 0 Å². The van der Waals surface area contributed by atoms with Crippen molar-refractivity contribution in [2.45, 2.75) is 32.4 Å². The normalized spacial score (nSPS) is 23.5. The van der Waals surface area contributed by atoms with E-state index in [0.29, 0.717) is 6.04 Å². The van der Waals surface area contributed by atoms with E-state index in [2.05, 4.69) is 34.4 Å². The number of nitrogens with one attached hydrogen (secondary N) is 1. The molecule has 1 aromatic heterocycles. The van der Waals surface area contributed by atoms with Crippen molar-refractivity contribution in [2.75, 3.05) is 20.1 Å². The Morgan fingerprint density at radius 2 is 2.47 bits per heavy atom. The van der Waals surface area contributed by atoms with Crippen LogP contribution in [0.4, 0.5) is 0 Å². The van der Waals surface area contributed by atoms with Gasteiger partial charge in [-0.3, -0.25) is 0 Å². The highest BCUT2D eigenvalue weighted by molar-refractivity contribution is 4.98. The zero-order chi connectivity index (χ0) is 12.1. The molecule has 1 aliphatic heterocycles. The van der Waals surface area contributed by atoms with Gasteiger partial charge in [0.15, 0.2) is 0 Å². The van der Waals surface area contributed by atoms with E-state index < -0.39 is 0 Å². The van der Waals surface area contributed by atoms with Gasteiger partial charge in [0.05, 0.1) is 5.69 Å². The third-order valence-corrected chi connectivity index (χ3v) is 3.60. The van der Waals surface area contributed by atoms with Crippen molar-refractivity contribution in [3.05, 3.63) is 24.0 Å². The molecule has 2 unspecified atom stereocenters. The van der Waals surface area contributed by atoms with Gasteiger partial charge in [-0.2, -0.15) is 10.2 Å². The average molecular weight is 234 g/mol. The third kappa shape index (κ3) is 3.75. The van der Waals surface area contributed by atoms with Crippen molar-refractivity contribution in [3.8, 4) is 0 Å². The lowest BCUT2D eigenvalue weighted by Gasteiger charge is -2.33. The van der Waals surface area contributed by atoms with Crippen molar-refractivity contribution in [2.24, 2.45) is 5.92 Å². The van der Waals surface area contributed by atoms with Gasteiger partial charge >= 0.3 is 0 Å². The number of hydrogen-bond donors (Lipinski definition) is 1. The van der Waals surface area contributed by atoms with Crippen LogP contribution in [0.15, 0.2) is 18.3 Å². The van der Waals surface area contributed by atoms with Crippen molar-refractivity contribution in [1.82, 2.24) is 20.4 Å². The molecular weight excluding hydrogens is 212 g/mol. The van der Waals surface area contributed by atoms with Crippen LogP contribution >= 0.6 is 0 Å². The van der Waals surface area contributed by atoms with Gasteiger partial charge in [-0.25, -0.2) is 0 Å². The van der Waals surface area contributed by atoms with Crippen LogP contribution in [-0.2, 0) is 6.54 Å². The van der Waals surface area contributed by atoms with Crippen molar-refractivity contribution < 1.29 is 0 Å². The fourth-order valence-electron chi connectivity index (χ4n) is 2.47. The van der Waals surface area contributed by atoms with E-state index in [9.17, 15) is 0 Å². The van der Waals surface area contributed by atoms with E-state index in [0.717, 1.165) is 18.2 Å². The molecule has 4 nitrogen and oxygen atoms in total. The summed E-state index contributed by atoms with van der Waals surface area (Å²) in [6.45, 7) is 5.54. The molecule has 2 heterocycles. The zero-order valence-electron chi connectivity index (χ0n) is 10.8. The van der Waals surface area contributed by atoms with Crippen LogP contribution in [0.1, 0.15) is 25.5 Å². The largest absolute Gasteiger partial charge is 0.308 e. The molecule has 0 saturated carbocycles. The van der Waals surface area contributed by atoms with Crippen LogP contribution in [0.5, 0.6) is 0 Å². The molecule has 1 aromatic rings. The van der Waals surface area contributed by atoms with E-state index in [4.69, 9.17) is 0 Å². The van der Waals surface area contributed by atoms with E-state index in [-0.39, 0.29) is 0 Å². The molecule has 1 N–H and O–H groups in total. The van der Waals surface area contributed by atoms with Crippen LogP contribution < -0.4 is 5.32 Å². The number of rotatable bonds is 4.